The zero-order valence-corrected chi connectivity index (χ0v) is 11.2. The van der Waals surface area contributed by atoms with Gasteiger partial charge in [-0.1, -0.05) is 17.3 Å². The summed E-state index contributed by atoms with van der Waals surface area (Å²) in [4.78, 5) is 11.8. The van der Waals surface area contributed by atoms with Gasteiger partial charge < -0.3 is 9.84 Å². The average Bonchev–Trinajstić information content (AvgIpc) is 2.84. The van der Waals surface area contributed by atoms with Crippen LogP contribution in [0, 0.1) is 18.3 Å². The molecule has 0 saturated heterocycles. The van der Waals surface area contributed by atoms with Crippen molar-refractivity contribution >= 4 is 11.8 Å². The van der Waals surface area contributed by atoms with Crippen molar-refractivity contribution in [3.63, 3.8) is 0 Å². The lowest BCUT2D eigenvalue weighted by Crippen LogP contribution is -2.31. The Bertz CT molecular complexity index is 640. The van der Waals surface area contributed by atoms with Gasteiger partial charge in [0, 0.05) is 6.07 Å². The zero-order valence-electron chi connectivity index (χ0n) is 11.2. The van der Waals surface area contributed by atoms with E-state index in [0.717, 1.165) is 5.56 Å². The summed E-state index contributed by atoms with van der Waals surface area (Å²) in [5.41, 5.74) is 1.50. The Balaban J connectivity index is 1.94. The van der Waals surface area contributed by atoms with Crippen molar-refractivity contribution in [1.29, 1.82) is 5.26 Å². The summed E-state index contributed by atoms with van der Waals surface area (Å²) in [5.74, 6) is 0.993. The molecule has 0 aliphatic heterocycles. The second-order valence-electron chi connectivity index (χ2n) is 4.38. The Labute approximate surface area is 116 Å². The quantitative estimate of drug-likeness (QED) is 0.897. The predicted octanol–water partition coefficient (Wildman–Crippen LogP) is 2.74. The zero-order chi connectivity index (χ0) is 14.5. The van der Waals surface area contributed by atoms with Crippen molar-refractivity contribution in [1.82, 2.24) is 10.5 Å². The number of aromatic nitrogens is 1. The van der Waals surface area contributed by atoms with Crippen LogP contribution in [0.3, 0.4) is 0 Å². The lowest BCUT2D eigenvalue weighted by atomic mass is 10.1. The molecule has 0 radical (unpaired) electrons. The van der Waals surface area contributed by atoms with E-state index in [-0.39, 0.29) is 12.1 Å². The summed E-state index contributed by atoms with van der Waals surface area (Å²) in [6, 6.07) is 10.2. The number of carbonyl (C=O) groups is 1. The lowest BCUT2D eigenvalue weighted by molar-refractivity contribution is 0.249. The molecule has 0 saturated carbocycles. The van der Waals surface area contributed by atoms with Crippen molar-refractivity contribution in [3.8, 4) is 6.07 Å². The number of aryl methyl sites for hydroxylation is 1. The topological polar surface area (TPSA) is 91.0 Å². The first-order valence-electron chi connectivity index (χ1n) is 6.09. The number of urea groups is 1. The number of carbonyl (C=O) groups excluding carboxylic acids is 1. The molecule has 1 atom stereocenters. The van der Waals surface area contributed by atoms with Crippen LogP contribution < -0.4 is 10.6 Å². The van der Waals surface area contributed by atoms with Gasteiger partial charge in [-0.2, -0.15) is 5.26 Å². The van der Waals surface area contributed by atoms with E-state index in [0.29, 0.717) is 17.1 Å². The van der Waals surface area contributed by atoms with Gasteiger partial charge in [0.1, 0.15) is 5.76 Å². The Hall–Kier alpha value is -2.81. The van der Waals surface area contributed by atoms with E-state index >= 15 is 0 Å². The minimum Gasteiger partial charge on any atom is -0.360 e. The normalized spacial score (nSPS) is 11.4. The molecule has 1 heterocycles. The molecule has 0 spiro atoms. The summed E-state index contributed by atoms with van der Waals surface area (Å²) in [6.45, 7) is 3.60. The molecule has 6 heteroatoms. The number of anilines is 1. The van der Waals surface area contributed by atoms with Gasteiger partial charge >= 0.3 is 6.03 Å². The van der Waals surface area contributed by atoms with Crippen molar-refractivity contribution < 1.29 is 9.32 Å². The molecule has 1 aromatic heterocycles. The number of benzene rings is 1. The standard InChI is InChI=1S/C14H14N4O2/c1-9-7-13(18-20-9)17-14(19)16-10(2)12-5-3-11(8-15)4-6-12/h3-7,10H,1-2H3,(H2,16,17,18,19)/t10-/m1/s1. The molecule has 0 bridgehead atoms. The van der Waals surface area contributed by atoms with Crippen LogP contribution in [0.25, 0.3) is 0 Å². The lowest BCUT2D eigenvalue weighted by Gasteiger charge is -2.14. The minimum atomic E-state index is -0.366. The third-order valence-corrected chi connectivity index (χ3v) is 2.76. The molecule has 2 rings (SSSR count). The van der Waals surface area contributed by atoms with E-state index in [4.69, 9.17) is 9.78 Å². The van der Waals surface area contributed by atoms with Crippen LogP contribution in [0.1, 0.15) is 29.9 Å². The van der Waals surface area contributed by atoms with Crippen LogP contribution in [-0.2, 0) is 0 Å². The van der Waals surface area contributed by atoms with E-state index in [1.165, 1.54) is 0 Å². The van der Waals surface area contributed by atoms with Gasteiger partial charge in [-0.3, -0.25) is 5.32 Å². The smallest absolute Gasteiger partial charge is 0.320 e. The second kappa shape index (κ2) is 5.89. The highest BCUT2D eigenvalue weighted by atomic mass is 16.5. The molecule has 0 unspecified atom stereocenters. The van der Waals surface area contributed by atoms with Gasteiger partial charge in [-0.05, 0) is 31.5 Å². The molecular weight excluding hydrogens is 256 g/mol. The summed E-state index contributed by atoms with van der Waals surface area (Å²) in [7, 11) is 0. The molecule has 102 valence electrons. The fraction of sp³-hybridized carbons (Fsp3) is 0.214. The number of nitrogens with one attached hydrogen (secondary N) is 2. The number of nitrogens with zero attached hydrogens (tertiary/aromatic N) is 2. The van der Waals surface area contributed by atoms with Gasteiger partial charge in [0.15, 0.2) is 5.82 Å². The molecule has 2 amide bonds. The fourth-order valence-corrected chi connectivity index (χ4v) is 1.70. The molecule has 6 nitrogen and oxygen atoms in total. The van der Waals surface area contributed by atoms with Gasteiger partial charge in [-0.15, -0.1) is 0 Å². The molecule has 2 N–H and O–H groups in total. The first-order valence-corrected chi connectivity index (χ1v) is 6.09. The number of rotatable bonds is 3. The monoisotopic (exact) mass is 270 g/mol. The summed E-state index contributed by atoms with van der Waals surface area (Å²) in [5, 5.41) is 17.8. The highest BCUT2D eigenvalue weighted by Gasteiger charge is 2.11. The van der Waals surface area contributed by atoms with Gasteiger partial charge in [0.05, 0.1) is 17.7 Å². The maximum absolute atomic E-state index is 11.8. The number of nitriles is 1. The third-order valence-electron chi connectivity index (χ3n) is 2.76. The first kappa shape index (κ1) is 13.6. The third kappa shape index (κ3) is 3.36. The largest absolute Gasteiger partial charge is 0.360 e. The molecular formula is C14H14N4O2. The van der Waals surface area contributed by atoms with Crippen molar-refractivity contribution in [2.45, 2.75) is 19.9 Å². The molecule has 0 aliphatic rings. The van der Waals surface area contributed by atoms with Gasteiger partial charge in [0.25, 0.3) is 0 Å². The Morgan fingerprint density at radius 1 is 1.40 bits per heavy atom. The van der Waals surface area contributed by atoms with Crippen LogP contribution >= 0.6 is 0 Å². The Morgan fingerprint density at radius 2 is 2.10 bits per heavy atom. The van der Waals surface area contributed by atoms with Gasteiger partial charge in [0.2, 0.25) is 0 Å². The number of hydrogen-bond donors (Lipinski definition) is 2. The molecule has 2 aromatic rings. The number of hydrogen-bond acceptors (Lipinski definition) is 4. The summed E-state index contributed by atoms with van der Waals surface area (Å²) >= 11 is 0. The first-order chi connectivity index (χ1) is 9.58. The van der Waals surface area contributed by atoms with E-state index < -0.39 is 0 Å². The molecule has 0 aliphatic carbocycles. The van der Waals surface area contributed by atoms with Crippen LogP contribution in [0.5, 0.6) is 0 Å². The molecule has 1 aromatic carbocycles. The van der Waals surface area contributed by atoms with Crippen LogP contribution in [-0.4, -0.2) is 11.2 Å². The SMILES string of the molecule is Cc1cc(NC(=O)N[C@H](C)c2ccc(C#N)cc2)no1. The van der Waals surface area contributed by atoms with Crippen LogP contribution in [0.15, 0.2) is 34.9 Å². The van der Waals surface area contributed by atoms with Crippen molar-refractivity contribution in [3.05, 3.63) is 47.2 Å². The van der Waals surface area contributed by atoms with E-state index in [1.807, 2.05) is 19.1 Å². The highest BCUT2D eigenvalue weighted by Crippen LogP contribution is 2.13. The van der Waals surface area contributed by atoms with Crippen molar-refractivity contribution in [2.24, 2.45) is 0 Å². The van der Waals surface area contributed by atoms with E-state index in [2.05, 4.69) is 21.9 Å². The minimum absolute atomic E-state index is 0.184. The average molecular weight is 270 g/mol. The van der Waals surface area contributed by atoms with E-state index in [1.54, 1.807) is 25.1 Å². The predicted molar refractivity (Wildman–Crippen MR) is 73.0 cm³/mol. The van der Waals surface area contributed by atoms with Crippen LogP contribution in [0.2, 0.25) is 0 Å². The van der Waals surface area contributed by atoms with Crippen LogP contribution in [0.4, 0.5) is 10.6 Å². The van der Waals surface area contributed by atoms with Gasteiger partial charge in [-0.25, -0.2) is 4.79 Å². The Morgan fingerprint density at radius 3 is 2.65 bits per heavy atom. The number of amides is 2. The Kier molecular flexibility index (Phi) is 4.01. The van der Waals surface area contributed by atoms with E-state index in [9.17, 15) is 4.79 Å². The molecule has 20 heavy (non-hydrogen) atoms. The highest BCUT2D eigenvalue weighted by molar-refractivity contribution is 5.88. The molecule has 0 fully saturated rings. The summed E-state index contributed by atoms with van der Waals surface area (Å²) < 4.78 is 4.86. The maximum Gasteiger partial charge on any atom is 0.320 e. The van der Waals surface area contributed by atoms with Crippen molar-refractivity contribution in [2.75, 3.05) is 5.32 Å². The summed E-state index contributed by atoms with van der Waals surface area (Å²) in [6.07, 6.45) is 0. The maximum atomic E-state index is 11.8. The fourth-order valence-electron chi connectivity index (χ4n) is 1.70. The second-order valence-corrected chi connectivity index (χ2v) is 4.38.